The number of rotatable bonds is 8. The van der Waals surface area contributed by atoms with Crippen molar-refractivity contribution in [1.29, 1.82) is 0 Å². The summed E-state index contributed by atoms with van der Waals surface area (Å²) in [6.45, 7) is 2.25. The van der Waals surface area contributed by atoms with Gasteiger partial charge >= 0.3 is 0 Å². The van der Waals surface area contributed by atoms with Crippen LogP contribution in [-0.4, -0.2) is 52.1 Å². The Balaban J connectivity index is 1.54. The van der Waals surface area contributed by atoms with Crippen molar-refractivity contribution in [3.8, 4) is 0 Å². The topological polar surface area (TPSA) is 60.2 Å². The Kier molecular flexibility index (Phi) is 6.77. The van der Waals surface area contributed by atoms with Crippen LogP contribution in [0, 0.1) is 0 Å². The number of aromatic nitrogens is 3. The van der Waals surface area contributed by atoms with Gasteiger partial charge in [-0.25, -0.2) is 0 Å². The number of nitrogens with zero attached hydrogens (tertiary/aromatic N) is 4. The number of amides is 1. The minimum atomic E-state index is 0.000104. The molecule has 0 spiro atoms. The number of ether oxygens (including phenoxy) is 1. The zero-order valence-electron chi connectivity index (χ0n) is 15.5. The fraction of sp³-hybridized carbons (Fsp3) is 0.550. The van der Waals surface area contributed by atoms with Gasteiger partial charge in [-0.3, -0.25) is 9.48 Å². The molecule has 0 radical (unpaired) electrons. The number of aryl methyl sites for hydroxylation is 2. The molecule has 1 aromatic carbocycles. The van der Waals surface area contributed by atoms with Crippen LogP contribution in [0.25, 0.3) is 0 Å². The molecular formula is C20H28N4O2. The quantitative estimate of drug-likeness (QED) is 0.730. The van der Waals surface area contributed by atoms with Gasteiger partial charge in [-0.1, -0.05) is 35.5 Å². The van der Waals surface area contributed by atoms with E-state index in [0.29, 0.717) is 12.3 Å². The second-order valence-corrected chi connectivity index (χ2v) is 6.89. The van der Waals surface area contributed by atoms with Crippen LogP contribution in [0.2, 0.25) is 0 Å². The molecular weight excluding hydrogens is 328 g/mol. The number of hydrogen-bond acceptors (Lipinski definition) is 4. The Morgan fingerprint density at radius 1 is 1.27 bits per heavy atom. The summed E-state index contributed by atoms with van der Waals surface area (Å²) in [5.74, 6) is 0.000104. The van der Waals surface area contributed by atoms with Gasteiger partial charge in [0, 0.05) is 32.8 Å². The molecule has 0 unspecified atom stereocenters. The maximum absolute atomic E-state index is 12.9. The SMILES string of the molecule is COCC[C@@H]1CCCCN1C(=O)c1cn(CCCc2ccccc2)nn1. The van der Waals surface area contributed by atoms with Crippen LogP contribution >= 0.6 is 0 Å². The lowest BCUT2D eigenvalue weighted by Crippen LogP contribution is -2.44. The first-order valence-electron chi connectivity index (χ1n) is 9.52. The predicted octanol–water partition coefficient (Wildman–Crippen LogP) is 2.94. The summed E-state index contributed by atoms with van der Waals surface area (Å²) in [5.41, 5.74) is 1.77. The van der Waals surface area contributed by atoms with Crippen LogP contribution in [0.3, 0.4) is 0 Å². The number of carbonyl (C=O) groups excluding carboxylic acids is 1. The van der Waals surface area contributed by atoms with Gasteiger partial charge in [-0.2, -0.15) is 0 Å². The third-order valence-electron chi connectivity index (χ3n) is 5.00. The van der Waals surface area contributed by atoms with E-state index in [1.165, 1.54) is 12.0 Å². The smallest absolute Gasteiger partial charge is 0.276 e. The van der Waals surface area contributed by atoms with Gasteiger partial charge in [0.15, 0.2) is 5.69 Å². The van der Waals surface area contributed by atoms with E-state index in [4.69, 9.17) is 4.74 Å². The zero-order valence-corrected chi connectivity index (χ0v) is 15.5. The van der Waals surface area contributed by atoms with E-state index in [1.807, 2.05) is 11.0 Å². The number of piperidine rings is 1. The van der Waals surface area contributed by atoms with Crippen molar-refractivity contribution < 1.29 is 9.53 Å². The van der Waals surface area contributed by atoms with E-state index in [1.54, 1.807) is 18.0 Å². The largest absolute Gasteiger partial charge is 0.385 e. The standard InChI is InChI=1S/C20H28N4O2/c1-26-15-12-18-11-5-6-14-24(18)20(25)19-16-23(22-21-19)13-7-10-17-8-3-2-4-9-17/h2-4,8-9,16,18H,5-7,10-15H2,1H3/t18-/m0/s1. The molecule has 140 valence electrons. The summed E-state index contributed by atoms with van der Waals surface area (Å²) >= 11 is 0. The Labute approximate surface area is 155 Å². The van der Waals surface area contributed by atoms with Crippen LogP contribution < -0.4 is 0 Å². The summed E-state index contributed by atoms with van der Waals surface area (Å²) in [4.78, 5) is 14.8. The highest BCUT2D eigenvalue weighted by Crippen LogP contribution is 2.21. The molecule has 1 atom stereocenters. The normalized spacial score (nSPS) is 17.4. The summed E-state index contributed by atoms with van der Waals surface area (Å²) in [5, 5.41) is 8.27. The molecule has 0 aliphatic carbocycles. The Hall–Kier alpha value is -2.21. The van der Waals surface area contributed by atoms with E-state index < -0.39 is 0 Å². The van der Waals surface area contributed by atoms with Crippen molar-refractivity contribution in [3.05, 3.63) is 47.8 Å². The Bertz CT molecular complexity index is 686. The Morgan fingerprint density at radius 2 is 2.12 bits per heavy atom. The predicted molar refractivity (Wildman–Crippen MR) is 100.0 cm³/mol. The molecule has 26 heavy (non-hydrogen) atoms. The number of hydrogen-bond donors (Lipinski definition) is 0. The van der Waals surface area contributed by atoms with E-state index in [9.17, 15) is 4.79 Å². The van der Waals surface area contributed by atoms with E-state index >= 15 is 0 Å². The first-order valence-corrected chi connectivity index (χ1v) is 9.52. The fourth-order valence-electron chi connectivity index (χ4n) is 3.56. The number of benzene rings is 1. The lowest BCUT2D eigenvalue weighted by molar-refractivity contribution is 0.0547. The van der Waals surface area contributed by atoms with Gasteiger partial charge in [0.2, 0.25) is 0 Å². The van der Waals surface area contributed by atoms with Crippen LogP contribution in [-0.2, 0) is 17.7 Å². The maximum atomic E-state index is 12.9. The first kappa shape index (κ1) is 18.6. The zero-order chi connectivity index (χ0) is 18.2. The van der Waals surface area contributed by atoms with Crippen molar-refractivity contribution in [2.75, 3.05) is 20.3 Å². The second-order valence-electron chi connectivity index (χ2n) is 6.89. The minimum Gasteiger partial charge on any atom is -0.385 e. The summed E-state index contributed by atoms with van der Waals surface area (Å²) in [7, 11) is 1.70. The molecule has 2 aromatic rings. The molecule has 6 heteroatoms. The van der Waals surface area contributed by atoms with Crippen molar-refractivity contribution in [1.82, 2.24) is 19.9 Å². The average Bonchev–Trinajstić information content (AvgIpc) is 3.16. The van der Waals surface area contributed by atoms with Gasteiger partial charge in [-0.05, 0) is 44.1 Å². The lowest BCUT2D eigenvalue weighted by Gasteiger charge is -2.35. The molecule has 2 heterocycles. The monoisotopic (exact) mass is 356 g/mol. The highest BCUT2D eigenvalue weighted by atomic mass is 16.5. The average molecular weight is 356 g/mol. The number of methoxy groups -OCH3 is 1. The first-order chi connectivity index (χ1) is 12.8. The van der Waals surface area contributed by atoms with Crippen molar-refractivity contribution in [2.24, 2.45) is 0 Å². The summed E-state index contributed by atoms with van der Waals surface area (Å²) < 4.78 is 6.98. The molecule has 0 bridgehead atoms. The molecule has 1 amide bonds. The highest BCUT2D eigenvalue weighted by molar-refractivity contribution is 5.92. The van der Waals surface area contributed by atoms with Gasteiger partial charge < -0.3 is 9.64 Å². The molecule has 0 saturated carbocycles. The molecule has 0 N–H and O–H groups in total. The van der Waals surface area contributed by atoms with E-state index in [0.717, 1.165) is 45.2 Å². The fourth-order valence-corrected chi connectivity index (χ4v) is 3.56. The Morgan fingerprint density at radius 3 is 2.92 bits per heavy atom. The molecule has 3 rings (SSSR count). The molecule has 6 nitrogen and oxygen atoms in total. The highest BCUT2D eigenvalue weighted by Gasteiger charge is 2.28. The molecule has 1 aliphatic rings. The summed E-state index contributed by atoms with van der Waals surface area (Å²) in [6.07, 6.45) is 7.91. The number of carbonyl (C=O) groups is 1. The molecule has 1 aromatic heterocycles. The van der Waals surface area contributed by atoms with Gasteiger partial charge in [0.1, 0.15) is 0 Å². The third kappa shape index (κ3) is 4.91. The van der Waals surface area contributed by atoms with Crippen molar-refractivity contribution in [3.63, 3.8) is 0 Å². The van der Waals surface area contributed by atoms with Gasteiger partial charge in [-0.15, -0.1) is 5.10 Å². The lowest BCUT2D eigenvalue weighted by atomic mass is 9.99. The van der Waals surface area contributed by atoms with Crippen molar-refractivity contribution in [2.45, 2.75) is 51.1 Å². The van der Waals surface area contributed by atoms with Crippen LogP contribution in [0.5, 0.6) is 0 Å². The third-order valence-corrected chi connectivity index (χ3v) is 5.00. The van der Waals surface area contributed by atoms with Crippen LogP contribution in [0.15, 0.2) is 36.5 Å². The van der Waals surface area contributed by atoms with Gasteiger partial charge in [0.05, 0.1) is 6.20 Å². The van der Waals surface area contributed by atoms with Crippen molar-refractivity contribution >= 4 is 5.91 Å². The van der Waals surface area contributed by atoms with E-state index in [2.05, 4.69) is 34.6 Å². The molecule has 1 fully saturated rings. The molecule has 1 saturated heterocycles. The van der Waals surface area contributed by atoms with Gasteiger partial charge in [0.25, 0.3) is 5.91 Å². The summed E-state index contributed by atoms with van der Waals surface area (Å²) in [6, 6.07) is 10.7. The molecule has 1 aliphatic heterocycles. The maximum Gasteiger partial charge on any atom is 0.276 e. The van der Waals surface area contributed by atoms with Crippen LogP contribution in [0.1, 0.15) is 48.2 Å². The number of likely N-dealkylation sites (tertiary alicyclic amines) is 1. The van der Waals surface area contributed by atoms with E-state index in [-0.39, 0.29) is 11.9 Å². The van der Waals surface area contributed by atoms with Crippen LogP contribution in [0.4, 0.5) is 0 Å². The minimum absolute atomic E-state index is 0.000104. The second kappa shape index (κ2) is 9.48.